The van der Waals surface area contributed by atoms with Crippen LogP contribution in [0.15, 0.2) is 66.0 Å². The van der Waals surface area contributed by atoms with E-state index in [9.17, 15) is 15.0 Å². The van der Waals surface area contributed by atoms with Crippen molar-refractivity contribution in [2.75, 3.05) is 0 Å². The van der Waals surface area contributed by atoms with Crippen molar-refractivity contribution in [1.82, 2.24) is 9.88 Å². The highest BCUT2D eigenvalue weighted by molar-refractivity contribution is 7.09. The fourth-order valence-corrected chi connectivity index (χ4v) is 10.7. The summed E-state index contributed by atoms with van der Waals surface area (Å²) in [6.45, 7) is 16.7. The molecule has 39 heavy (non-hydrogen) atoms. The molecule has 2 atom stereocenters. The van der Waals surface area contributed by atoms with Gasteiger partial charge in [-0.1, -0.05) is 95.3 Å². The average molecular weight is 569 g/mol. The summed E-state index contributed by atoms with van der Waals surface area (Å²) >= 11 is 1.40. The summed E-state index contributed by atoms with van der Waals surface area (Å²) in [6, 6.07) is 20.6. The van der Waals surface area contributed by atoms with Crippen LogP contribution in [0.25, 0.3) is 0 Å². The molecular formula is C31H44N2O4SSi. The minimum atomic E-state index is -2.71. The zero-order valence-corrected chi connectivity index (χ0v) is 26.3. The van der Waals surface area contributed by atoms with Crippen LogP contribution >= 0.6 is 11.3 Å². The predicted molar refractivity (Wildman–Crippen MR) is 162 cm³/mol. The van der Waals surface area contributed by atoms with Gasteiger partial charge in [0.15, 0.2) is 0 Å². The van der Waals surface area contributed by atoms with Gasteiger partial charge in [-0.15, -0.1) is 11.3 Å². The summed E-state index contributed by atoms with van der Waals surface area (Å²) in [7, 11) is -2.71. The van der Waals surface area contributed by atoms with Crippen LogP contribution in [0.1, 0.15) is 78.6 Å². The number of benzene rings is 2. The lowest BCUT2D eigenvalue weighted by atomic mass is 9.92. The SMILES string of the molecule is CC(C)[C@@H](C[C@H](O)c1nc(CO[Si](c2ccccc2)(c2ccccc2)C(C)(C)C)cs1)N(C(=O)O)C(C)(C)C. The highest BCUT2D eigenvalue weighted by Gasteiger charge is 2.50. The van der Waals surface area contributed by atoms with Gasteiger partial charge in [0.2, 0.25) is 0 Å². The van der Waals surface area contributed by atoms with Crippen molar-refractivity contribution in [2.24, 2.45) is 5.92 Å². The van der Waals surface area contributed by atoms with Crippen molar-refractivity contribution in [3.63, 3.8) is 0 Å². The number of rotatable bonds is 10. The first kappa shape index (κ1) is 31.0. The van der Waals surface area contributed by atoms with Crippen molar-refractivity contribution in [1.29, 1.82) is 0 Å². The van der Waals surface area contributed by atoms with E-state index in [-0.39, 0.29) is 23.4 Å². The number of aliphatic hydroxyl groups is 1. The molecule has 0 aliphatic carbocycles. The zero-order chi connectivity index (χ0) is 29.0. The molecule has 8 heteroatoms. The van der Waals surface area contributed by atoms with Gasteiger partial charge >= 0.3 is 6.09 Å². The van der Waals surface area contributed by atoms with Crippen LogP contribution in [0.4, 0.5) is 4.79 Å². The number of carboxylic acid groups (broad SMARTS) is 1. The van der Waals surface area contributed by atoms with Gasteiger partial charge in [-0.2, -0.15) is 0 Å². The molecule has 0 bridgehead atoms. The van der Waals surface area contributed by atoms with E-state index < -0.39 is 26.1 Å². The molecule has 212 valence electrons. The third-order valence-electron chi connectivity index (χ3n) is 7.20. The normalized spacial score (nSPS) is 14.3. The molecule has 0 aliphatic rings. The summed E-state index contributed by atoms with van der Waals surface area (Å²) in [5, 5.41) is 25.9. The molecular weight excluding hydrogens is 525 g/mol. The van der Waals surface area contributed by atoms with E-state index in [1.54, 1.807) is 0 Å². The van der Waals surface area contributed by atoms with Gasteiger partial charge in [-0.25, -0.2) is 9.78 Å². The zero-order valence-electron chi connectivity index (χ0n) is 24.5. The Balaban J connectivity index is 1.88. The molecule has 0 radical (unpaired) electrons. The Morgan fingerprint density at radius 3 is 1.90 bits per heavy atom. The second-order valence-electron chi connectivity index (χ2n) is 12.5. The van der Waals surface area contributed by atoms with Crippen molar-refractivity contribution < 1.29 is 19.4 Å². The molecule has 2 aromatic carbocycles. The molecule has 1 aromatic heterocycles. The van der Waals surface area contributed by atoms with Gasteiger partial charge in [0.05, 0.1) is 12.3 Å². The quantitative estimate of drug-likeness (QED) is 0.275. The molecule has 2 N–H and O–H groups in total. The largest absolute Gasteiger partial charge is 0.465 e. The third-order valence-corrected chi connectivity index (χ3v) is 13.2. The minimum Gasteiger partial charge on any atom is -0.465 e. The summed E-state index contributed by atoms with van der Waals surface area (Å²) in [4.78, 5) is 18.3. The minimum absolute atomic E-state index is 0.0351. The van der Waals surface area contributed by atoms with E-state index in [0.29, 0.717) is 11.6 Å². The number of nitrogens with zero attached hydrogens (tertiary/aromatic N) is 2. The summed E-state index contributed by atoms with van der Waals surface area (Å²) < 4.78 is 6.99. The topological polar surface area (TPSA) is 82.9 Å². The summed E-state index contributed by atoms with van der Waals surface area (Å²) in [5.74, 6) is 0.0351. The van der Waals surface area contributed by atoms with Gasteiger partial charge in [-0.05, 0) is 42.1 Å². The van der Waals surface area contributed by atoms with E-state index >= 15 is 0 Å². The number of hydrogen-bond acceptors (Lipinski definition) is 5. The summed E-state index contributed by atoms with van der Waals surface area (Å²) in [5.41, 5.74) is 0.187. The highest BCUT2D eigenvalue weighted by atomic mass is 32.1. The monoisotopic (exact) mass is 568 g/mol. The van der Waals surface area contributed by atoms with E-state index in [0.717, 1.165) is 5.69 Å². The lowest BCUT2D eigenvalue weighted by Crippen LogP contribution is -2.66. The molecule has 0 unspecified atom stereocenters. The van der Waals surface area contributed by atoms with E-state index in [1.807, 2.05) is 52.1 Å². The number of carbonyl (C=O) groups is 1. The number of hydrogen-bond donors (Lipinski definition) is 2. The Morgan fingerprint density at radius 1 is 0.974 bits per heavy atom. The van der Waals surface area contributed by atoms with Gasteiger partial charge < -0.3 is 19.5 Å². The van der Waals surface area contributed by atoms with Gasteiger partial charge in [0, 0.05) is 23.4 Å². The Labute approximate surface area is 238 Å². The van der Waals surface area contributed by atoms with Crippen LogP contribution < -0.4 is 10.4 Å². The van der Waals surface area contributed by atoms with E-state index in [2.05, 4.69) is 69.3 Å². The number of amides is 1. The maximum Gasteiger partial charge on any atom is 0.407 e. The highest BCUT2D eigenvalue weighted by Crippen LogP contribution is 2.38. The van der Waals surface area contributed by atoms with Crippen LogP contribution in [-0.2, 0) is 11.0 Å². The molecule has 1 heterocycles. The molecule has 1 amide bonds. The van der Waals surface area contributed by atoms with Gasteiger partial charge in [-0.3, -0.25) is 0 Å². The molecule has 0 aliphatic heterocycles. The molecule has 6 nitrogen and oxygen atoms in total. The van der Waals surface area contributed by atoms with Gasteiger partial charge in [0.25, 0.3) is 8.32 Å². The molecule has 0 spiro atoms. The lowest BCUT2D eigenvalue weighted by molar-refractivity contribution is 0.0277. The summed E-state index contributed by atoms with van der Waals surface area (Å²) in [6.07, 6.45) is -1.57. The fourth-order valence-electron chi connectivity index (χ4n) is 5.42. The number of thiazole rings is 1. The average Bonchev–Trinajstić information content (AvgIpc) is 3.32. The smallest absolute Gasteiger partial charge is 0.407 e. The maximum absolute atomic E-state index is 12.1. The van der Waals surface area contributed by atoms with Gasteiger partial charge in [0.1, 0.15) is 11.1 Å². The number of aromatic nitrogens is 1. The van der Waals surface area contributed by atoms with Crippen molar-refractivity contribution >= 4 is 36.1 Å². The molecule has 3 rings (SSSR count). The molecule has 0 saturated carbocycles. The first-order valence-corrected chi connectivity index (χ1v) is 16.4. The van der Waals surface area contributed by atoms with Crippen molar-refractivity contribution in [3.05, 3.63) is 76.7 Å². The molecule has 0 saturated heterocycles. The third kappa shape index (κ3) is 6.98. The maximum atomic E-state index is 12.1. The Morgan fingerprint density at radius 2 is 1.49 bits per heavy atom. The second-order valence-corrected chi connectivity index (χ2v) is 17.7. The molecule has 0 fully saturated rings. The van der Waals surface area contributed by atoms with Crippen LogP contribution in [0.2, 0.25) is 5.04 Å². The van der Waals surface area contributed by atoms with Crippen LogP contribution in [0, 0.1) is 5.92 Å². The van der Waals surface area contributed by atoms with E-state index in [1.165, 1.54) is 26.6 Å². The fraction of sp³-hybridized carbons (Fsp3) is 0.484. The van der Waals surface area contributed by atoms with Crippen LogP contribution in [-0.4, -0.2) is 46.1 Å². The van der Waals surface area contributed by atoms with Crippen LogP contribution in [0.5, 0.6) is 0 Å². The standard InChI is InChI=1S/C31H44N2O4SSi/c1-22(2)26(33(29(35)36)30(3,4)5)19-27(34)28-32-23(21-38-28)20-37-39(31(6,7)8,24-15-11-9-12-16-24)25-17-13-10-14-18-25/h9-18,21-22,26-27,34H,19-20H2,1-8H3,(H,35,36)/t26-,27+/m1/s1. The first-order chi connectivity index (χ1) is 18.2. The Bertz CT molecular complexity index is 1160. The lowest BCUT2D eigenvalue weighted by Gasteiger charge is -2.42. The van der Waals surface area contributed by atoms with Crippen molar-refractivity contribution in [2.45, 2.75) is 91.1 Å². The van der Waals surface area contributed by atoms with E-state index in [4.69, 9.17) is 9.41 Å². The van der Waals surface area contributed by atoms with Crippen LogP contribution in [0.3, 0.4) is 0 Å². The first-order valence-electron chi connectivity index (χ1n) is 13.6. The Hall–Kier alpha value is -2.52. The molecule has 3 aromatic rings. The van der Waals surface area contributed by atoms with Crippen molar-refractivity contribution in [3.8, 4) is 0 Å². The predicted octanol–water partition coefficient (Wildman–Crippen LogP) is 6.45. The second kappa shape index (κ2) is 12.3. The number of aliphatic hydroxyl groups excluding tert-OH is 1. The Kier molecular flexibility index (Phi) is 9.81.